The first-order valence-electron chi connectivity index (χ1n) is 6.12. The largest absolute Gasteiger partial charge is 0.478 e. The molecule has 0 aliphatic carbocycles. The van der Waals surface area contributed by atoms with Crippen molar-refractivity contribution < 1.29 is 14.7 Å². The highest BCUT2D eigenvalue weighted by Crippen LogP contribution is 2.22. The lowest BCUT2D eigenvalue weighted by atomic mass is 10.2. The molecule has 0 radical (unpaired) electrons. The lowest BCUT2D eigenvalue weighted by molar-refractivity contribution is -0.131. The first-order chi connectivity index (χ1) is 9.99. The highest BCUT2D eigenvalue weighted by atomic mass is 32.1. The summed E-state index contributed by atoms with van der Waals surface area (Å²) in [5.74, 6) is -1.16. The van der Waals surface area contributed by atoms with Crippen LogP contribution < -0.4 is 0 Å². The number of rotatable bonds is 5. The Balaban J connectivity index is 2.15. The number of amides is 1. The van der Waals surface area contributed by atoms with E-state index in [-0.39, 0.29) is 5.91 Å². The Kier molecular flexibility index (Phi) is 4.87. The Labute approximate surface area is 130 Å². The van der Waals surface area contributed by atoms with E-state index in [1.807, 2.05) is 6.92 Å². The fourth-order valence-corrected chi connectivity index (χ4v) is 3.43. The molecule has 0 atom stereocenters. The Morgan fingerprint density at radius 2 is 2.19 bits per heavy atom. The van der Waals surface area contributed by atoms with Crippen LogP contribution in [0.25, 0.3) is 6.08 Å². The van der Waals surface area contributed by atoms with Crippen LogP contribution in [0.3, 0.4) is 0 Å². The lowest BCUT2D eigenvalue weighted by Gasteiger charge is -2.16. The molecule has 110 valence electrons. The molecule has 0 spiro atoms. The van der Waals surface area contributed by atoms with Crippen molar-refractivity contribution in [3.63, 3.8) is 0 Å². The van der Waals surface area contributed by atoms with Crippen molar-refractivity contribution in [2.24, 2.45) is 0 Å². The van der Waals surface area contributed by atoms with Gasteiger partial charge in [-0.3, -0.25) is 4.79 Å². The average molecular weight is 322 g/mol. The summed E-state index contributed by atoms with van der Waals surface area (Å²) < 4.78 is 0. The van der Waals surface area contributed by atoms with Gasteiger partial charge in [-0.15, -0.1) is 22.7 Å². The van der Waals surface area contributed by atoms with Crippen molar-refractivity contribution in [3.8, 4) is 0 Å². The van der Waals surface area contributed by atoms with Crippen molar-refractivity contribution in [1.82, 2.24) is 9.88 Å². The molecule has 0 saturated carbocycles. The fraction of sp³-hybridized carbons (Fsp3) is 0.214. The predicted molar refractivity (Wildman–Crippen MR) is 83.6 cm³/mol. The van der Waals surface area contributed by atoms with Gasteiger partial charge in [-0.25, -0.2) is 9.78 Å². The van der Waals surface area contributed by atoms with E-state index >= 15 is 0 Å². The van der Waals surface area contributed by atoms with E-state index in [2.05, 4.69) is 4.98 Å². The smallest absolute Gasteiger partial charge is 0.328 e. The van der Waals surface area contributed by atoms with Gasteiger partial charge in [0, 0.05) is 18.0 Å². The molecule has 0 fully saturated rings. The zero-order valence-corrected chi connectivity index (χ0v) is 13.2. The topological polar surface area (TPSA) is 70.5 Å². The van der Waals surface area contributed by atoms with Gasteiger partial charge in [0.2, 0.25) is 0 Å². The molecule has 0 aliphatic heterocycles. The average Bonchev–Trinajstić information content (AvgIpc) is 3.05. The van der Waals surface area contributed by atoms with Crippen LogP contribution in [-0.4, -0.2) is 33.9 Å². The number of carbonyl (C=O) groups excluding carboxylic acids is 1. The number of carboxylic acids is 1. The molecule has 7 heteroatoms. The summed E-state index contributed by atoms with van der Waals surface area (Å²) in [6.45, 7) is 2.41. The standard InChI is InChI=1S/C14H14N2O3S2/c1-9-11(21-8-15-9)7-16(2)14(19)13-10(5-6-20-13)3-4-12(17)18/h3-6,8H,7H2,1-2H3,(H,17,18). The highest BCUT2D eigenvalue weighted by molar-refractivity contribution is 7.12. The number of aromatic nitrogens is 1. The summed E-state index contributed by atoms with van der Waals surface area (Å²) in [6.07, 6.45) is 2.48. The van der Waals surface area contributed by atoms with E-state index in [1.54, 1.807) is 28.9 Å². The fourth-order valence-electron chi connectivity index (χ4n) is 1.72. The first kappa shape index (κ1) is 15.4. The minimum Gasteiger partial charge on any atom is -0.478 e. The molecule has 0 saturated heterocycles. The van der Waals surface area contributed by atoms with Gasteiger partial charge in [-0.05, 0) is 30.0 Å². The summed E-state index contributed by atoms with van der Waals surface area (Å²) >= 11 is 2.82. The summed E-state index contributed by atoms with van der Waals surface area (Å²) in [6, 6.07) is 1.74. The summed E-state index contributed by atoms with van der Waals surface area (Å²) in [4.78, 5) is 30.4. The summed E-state index contributed by atoms with van der Waals surface area (Å²) in [5.41, 5.74) is 3.31. The van der Waals surface area contributed by atoms with Crippen LogP contribution in [0, 0.1) is 6.92 Å². The first-order valence-corrected chi connectivity index (χ1v) is 7.88. The number of carboxylic acid groups (broad SMARTS) is 1. The van der Waals surface area contributed by atoms with Crippen LogP contribution in [0.15, 0.2) is 23.0 Å². The number of carbonyl (C=O) groups is 2. The molecule has 0 aromatic carbocycles. The molecule has 1 N–H and O–H groups in total. The maximum absolute atomic E-state index is 12.4. The Morgan fingerprint density at radius 3 is 2.81 bits per heavy atom. The zero-order valence-electron chi connectivity index (χ0n) is 11.6. The SMILES string of the molecule is Cc1ncsc1CN(C)C(=O)c1sccc1C=CC(=O)O. The number of aliphatic carboxylic acids is 1. The molecule has 2 aromatic heterocycles. The van der Waals surface area contributed by atoms with Crippen LogP contribution in [0.1, 0.15) is 25.8 Å². The van der Waals surface area contributed by atoms with Crippen LogP contribution >= 0.6 is 22.7 Å². The van der Waals surface area contributed by atoms with Gasteiger partial charge in [0.25, 0.3) is 5.91 Å². The van der Waals surface area contributed by atoms with E-state index in [9.17, 15) is 9.59 Å². The van der Waals surface area contributed by atoms with E-state index in [0.29, 0.717) is 17.0 Å². The summed E-state index contributed by atoms with van der Waals surface area (Å²) in [5, 5.41) is 10.4. The number of hydrogen-bond acceptors (Lipinski definition) is 5. The molecule has 2 heterocycles. The number of thiazole rings is 1. The maximum atomic E-state index is 12.4. The van der Waals surface area contributed by atoms with Crippen LogP contribution in [0.5, 0.6) is 0 Å². The molecule has 0 unspecified atom stereocenters. The normalized spacial score (nSPS) is 11.0. The molecule has 1 amide bonds. The van der Waals surface area contributed by atoms with Gasteiger partial charge < -0.3 is 10.0 Å². The quantitative estimate of drug-likeness (QED) is 0.859. The van der Waals surface area contributed by atoms with E-state index in [1.165, 1.54) is 28.7 Å². The zero-order chi connectivity index (χ0) is 15.4. The molecule has 21 heavy (non-hydrogen) atoms. The third kappa shape index (κ3) is 3.77. The highest BCUT2D eigenvalue weighted by Gasteiger charge is 2.17. The molecule has 2 aromatic rings. The Bertz CT molecular complexity index is 688. The lowest BCUT2D eigenvalue weighted by Crippen LogP contribution is -2.25. The third-order valence-corrected chi connectivity index (χ3v) is 4.71. The van der Waals surface area contributed by atoms with Crippen molar-refractivity contribution in [2.75, 3.05) is 7.05 Å². The second-order valence-electron chi connectivity index (χ2n) is 4.40. The van der Waals surface area contributed by atoms with Crippen molar-refractivity contribution in [3.05, 3.63) is 44.0 Å². The van der Waals surface area contributed by atoms with Crippen molar-refractivity contribution in [2.45, 2.75) is 13.5 Å². The number of hydrogen-bond donors (Lipinski definition) is 1. The predicted octanol–water partition coefficient (Wildman–Crippen LogP) is 2.88. The Morgan fingerprint density at radius 1 is 1.43 bits per heavy atom. The van der Waals surface area contributed by atoms with Gasteiger partial charge >= 0.3 is 5.97 Å². The van der Waals surface area contributed by atoms with Gasteiger partial charge in [-0.1, -0.05) is 0 Å². The van der Waals surface area contributed by atoms with E-state index < -0.39 is 5.97 Å². The van der Waals surface area contributed by atoms with Gasteiger partial charge in [0.05, 0.1) is 22.6 Å². The monoisotopic (exact) mass is 322 g/mol. The molecule has 0 bridgehead atoms. The van der Waals surface area contributed by atoms with E-state index in [0.717, 1.165) is 16.6 Å². The third-order valence-electron chi connectivity index (χ3n) is 2.87. The van der Waals surface area contributed by atoms with Crippen molar-refractivity contribution >= 4 is 40.6 Å². The van der Waals surface area contributed by atoms with Crippen LogP contribution in [0.2, 0.25) is 0 Å². The van der Waals surface area contributed by atoms with E-state index in [4.69, 9.17) is 5.11 Å². The van der Waals surface area contributed by atoms with Crippen LogP contribution in [0.4, 0.5) is 0 Å². The molecule has 2 rings (SSSR count). The number of thiophene rings is 1. The maximum Gasteiger partial charge on any atom is 0.328 e. The second-order valence-corrected chi connectivity index (χ2v) is 6.25. The summed E-state index contributed by atoms with van der Waals surface area (Å²) in [7, 11) is 1.73. The van der Waals surface area contributed by atoms with Gasteiger partial charge in [-0.2, -0.15) is 0 Å². The molecular formula is C14H14N2O3S2. The van der Waals surface area contributed by atoms with Crippen molar-refractivity contribution in [1.29, 1.82) is 0 Å². The van der Waals surface area contributed by atoms with Crippen LogP contribution in [-0.2, 0) is 11.3 Å². The minimum atomic E-state index is -1.03. The van der Waals surface area contributed by atoms with Gasteiger partial charge in [0.1, 0.15) is 0 Å². The number of nitrogens with zero attached hydrogens (tertiary/aromatic N) is 2. The minimum absolute atomic E-state index is 0.122. The second kappa shape index (κ2) is 6.64. The molecule has 0 aliphatic rings. The number of aryl methyl sites for hydroxylation is 1. The Hall–Kier alpha value is -1.99. The molecule has 5 nitrogen and oxygen atoms in total. The molecular weight excluding hydrogens is 308 g/mol. The van der Waals surface area contributed by atoms with Gasteiger partial charge in [0.15, 0.2) is 0 Å².